The summed E-state index contributed by atoms with van der Waals surface area (Å²) in [7, 11) is -2.17. The van der Waals surface area contributed by atoms with Crippen LogP contribution in [0.25, 0.3) is 43.6 Å². The SMILES string of the molecule is CC(C)(C)[Si](C)(C)N1Cc2c(c3c4ccccc4n4c3c3c2c2ccccc2n3[C@@]2(C)O[C@@H]4C[C@]2(C)O)C1=O. The Morgan fingerprint density at radius 3 is 2.23 bits per heavy atom. The van der Waals surface area contributed by atoms with Crippen molar-refractivity contribution >= 4 is 57.8 Å². The van der Waals surface area contributed by atoms with Crippen LogP contribution in [0.15, 0.2) is 48.5 Å². The van der Waals surface area contributed by atoms with E-state index >= 15 is 0 Å². The number of carbonyl (C=O) groups is 1. The molecule has 1 amide bonds. The minimum absolute atomic E-state index is 0.0233. The second-order valence-corrected chi connectivity index (χ2v) is 18.9. The normalized spacial score (nSPS) is 26.6. The van der Waals surface area contributed by atoms with Gasteiger partial charge in [-0.15, -0.1) is 0 Å². The molecule has 0 aliphatic carbocycles. The summed E-state index contributed by atoms with van der Waals surface area (Å²) in [6, 6.07) is 16.8. The van der Waals surface area contributed by atoms with Gasteiger partial charge in [-0.25, -0.2) is 0 Å². The van der Waals surface area contributed by atoms with E-state index in [0.717, 1.165) is 54.7 Å². The number of hydrogen-bond donors (Lipinski definition) is 1. The summed E-state index contributed by atoms with van der Waals surface area (Å²) in [5.74, 6) is 0.159. The van der Waals surface area contributed by atoms with E-state index in [9.17, 15) is 9.90 Å². The number of carbonyl (C=O) groups excluding carboxylic acids is 1. The summed E-state index contributed by atoms with van der Waals surface area (Å²) in [5, 5.41) is 16.3. The third-order valence-electron chi connectivity index (χ3n) is 10.8. The predicted molar refractivity (Wildman–Crippen MR) is 159 cm³/mol. The molecule has 8 rings (SSSR count). The van der Waals surface area contributed by atoms with E-state index in [2.05, 4.69) is 96.1 Å². The highest BCUT2D eigenvalue weighted by molar-refractivity contribution is 6.80. The van der Waals surface area contributed by atoms with Crippen LogP contribution in [0.1, 0.15) is 63.2 Å². The molecule has 3 atom stereocenters. The number of aromatic nitrogens is 2. The summed E-state index contributed by atoms with van der Waals surface area (Å²) in [5.41, 5.74) is 4.10. The van der Waals surface area contributed by atoms with Gasteiger partial charge in [-0.1, -0.05) is 70.3 Å². The van der Waals surface area contributed by atoms with E-state index in [1.54, 1.807) is 0 Å². The minimum atomic E-state index is -2.17. The van der Waals surface area contributed by atoms with Crippen molar-refractivity contribution in [1.82, 2.24) is 13.7 Å². The monoisotopic (exact) mass is 537 g/mol. The largest absolute Gasteiger partial charge is 0.385 e. The Morgan fingerprint density at radius 1 is 0.949 bits per heavy atom. The molecule has 0 saturated carbocycles. The third-order valence-corrected chi connectivity index (χ3v) is 16.2. The van der Waals surface area contributed by atoms with Gasteiger partial charge in [-0.2, -0.15) is 0 Å². The lowest BCUT2D eigenvalue weighted by atomic mass is 9.91. The Kier molecular flexibility index (Phi) is 4.12. The van der Waals surface area contributed by atoms with Crippen molar-refractivity contribution in [1.29, 1.82) is 0 Å². The maximum absolute atomic E-state index is 14.6. The van der Waals surface area contributed by atoms with E-state index in [0.29, 0.717) is 13.0 Å². The molecule has 5 heterocycles. The molecule has 0 spiro atoms. The number of amides is 1. The standard InChI is InChI=1S/C32H35N3O3Si/c1-30(2,3)39(6,7)33-17-20-24-19-13-9-11-15-22(19)35-28(24)27-25(26(20)29(33)36)18-12-8-10-14-21(18)34(27)23-16-31(4,37)32(35,5)38-23/h8-15,23,37H,16-17H2,1-7H3/t23-,31+,32+/m1/s1. The predicted octanol–water partition coefficient (Wildman–Crippen LogP) is 7.22. The molecule has 5 aromatic rings. The fraction of sp³-hybridized carbons (Fsp3) is 0.406. The molecule has 3 aliphatic heterocycles. The average molecular weight is 538 g/mol. The number of ether oxygens (including phenoxy) is 1. The Labute approximate surface area is 228 Å². The van der Waals surface area contributed by atoms with Gasteiger partial charge in [0.1, 0.15) is 11.8 Å². The number of hydrogen-bond acceptors (Lipinski definition) is 3. The fourth-order valence-electron chi connectivity index (χ4n) is 7.55. The van der Waals surface area contributed by atoms with Crippen molar-refractivity contribution in [3.05, 3.63) is 59.7 Å². The van der Waals surface area contributed by atoms with Gasteiger partial charge in [0.05, 0.1) is 27.6 Å². The fourth-order valence-corrected chi connectivity index (χ4v) is 9.54. The Bertz CT molecular complexity index is 1940. The topological polar surface area (TPSA) is 59.6 Å². The molecule has 1 saturated heterocycles. The van der Waals surface area contributed by atoms with E-state index in [4.69, 9.17) is 4.74 Å². The van der Waals surface area contributed by atoms with Crippen molar-refractivity contribution in [3.8, 4) is 0 Å². The molecular weight excluding hydrogens is 502 g/mol. The molecule has 6 nitrogen and oxygen atoms in total. The smallest absolute Gasteiger partial charge is 0.247 e. The Balaban J connectivity index is 1.65. The quantitative estimate of drug-likeness (QED) is 0.230. The van der Waals surface area contributed by atoms with Crippen molar-refractivity contribution in [3.63, 3.8) is 0 Å². The highest BCUT2D eigenvalue weighted by atomic mass is 28.3. The molecule has 200 valence electrons. The van der Waals surface area contributed by atoms with Crippen LogP contribution < -0.4 is 0 Å². The lowest BCUT2D eigenvalue weighted by Crippen LogP contribution is -2.54. The lowest BCUT2D eigenvalue weighted by molar-refractivity contribution is -0.170. The Hall–Kier alpha value is -3.13. The second-order valence-electron chi connectivity index (χ2n) is 13.8. The first-order valence-corrected chi connectivity index (χ1v) is 17.0. The van der Waals surface area contributed by atoms with Crippen molar-refractivity contribution < 1.29 is 14.6 Å². The van der Waals surface area contributed by atoms with Crippen molar-refractivity contribution in [2.45, 2.75) is 83.3 Å². The molecule has 0 unspecified atom stereocenters. The van der Waals surface area contributed by atoms with Crippen LogP contribution in [-0.4, -0.2) is 38.5 Å². The van der Waals surface area contributed by atoms with Gasteiger partial charge < -0.3 is 23.5 Å². The van der Waals surface area contributed by atoms with Crippen molar-refractivity contribution in [2.75, 3.05) is 0 Å². The van der Waals surface area contributed by atoms with E-state index in [1.807, 2.05) is 13.8 Å². The number of benzene rings is 3. The first-order chi connectivity index (χ1) is 18.3. The van der Waals surface area contributed by atoms with E-state index in [-0.39, 0.29) is 17.2 Å². The highest BCUT2D eigenvalue weighted by Gasteiger charge is 2.59. The zero-order chi connectivity index (χ0) is 27.4. The Morgan fingerprint density at radius 2 is 1.56 bits per heavy atom. The number of rotatable bonds is 1. The molecule has 2 bridgehead atoms. The van der Waals surface area contributed by atoms with Crippen LogP contribution in [0.2, 0.25) is 18.1 Å². The van der Waals surface area contributed by atoms with Crippen LogP contribution in [0.5, 0.6) is 0 Å². The summed E-state index contributed by atoms with van der Waals surface area (Å²) >= 11 is 0. The molecule has 0 radical (unpaired) electrons. The molecule has 3 aliphatic rings. The summed E-state index contributed by atoms with van der Waals surface area (Å²) in [6.07, 6.45) is 0.117. The van der Waals surface area contributed by atoms with Crippen LogP contribution in [-0.2, 0) is 17.0 Å². The number of nitrogens with zero attached hydrogens (tertiary/aromatic N) is 3. The minimum Gasteiger partial charge on any atom is -0.385 e. The molecule has 1 fully saturated rings. The van der Waals surface area contributed by atoms with Gasteiger partial charge in [-0.3, -0.25) is 4.79 Å². The molecular formula is C32H35N3O3Si. The van der Waals surface area contributed by atoms with Gasteiger partial charge in [0.25, 0.3) is 0 Å². The van der Waals surface area contributed by atoms with E-state index < -0.39 is 19.6 Å². The lowest BCUT2D eigenvalue weighted by Gasteiger charge is -2.43. The van der Waals surface area contributed by atoms with Gasteiger partial charge in [0, 0.05) is 34.5 Å². The zero-order valence-electron chi connectivity index (χ0n) is 23.7. The first-order valence-electron chi connectivity index (χ1n) is 14.0. The summed E-state index contributed by atoms with van der Waals surface area (Å²) in [4.78, 5) is 14.6. The van der Waals surface area contributed by atoms with Crippen molar-refractivity contribution in [2.24, 2.45) is 0 Å². The molecule has 3 aromatic carbocycles. The highest BCUT2D eigenvalue weighted by Crippen LogP contribution is 2.58. The van der Waals surface area contributed by atoms with Crippen LogP contribution in [0, 0.1) is 0 Å². The number of para-hydroxylation sites is 2. The number of aliphatic hydroxyl groups is 1. The second kappa shape index (κ2) is 6.77. The molecule has 1 N–H and O–H groups in total. The van der Waals surface area contributed by atoms with Gasteiger partial charge >= 0.3 is 0 Å². The zero-order valence-corrected chi connectivity index (χ0v) is 24.7. The summed E-state index contributed by atoms with van der Waals surface area (Å²) < 4.78 is 13.6. The van der Waals surface area contributed by atoms with Gasteiger partial charge in [0.2, 0.25) is 5.91 Å². The maximum Gasteiger partial charge on any atom is 0.247 e. The number of fused-ring (bicyclic) bond motifs is 13. The molecule has 39 heavy (non-hydrogen) atoms. The maximum atomic E-state index is 14.6. The molecule has 7 heteroatoms. The first kappa shape index (κ1) is 23.7. The van der Waals surface area contributed by atoms with Crippen LogP contribution in [0.4, 0.5) is 0 Å². The van der Waals surface area contributed by atoms with E-state index in [1.165, 1.54) is 0 Å². The van der Waals surface area contributed by atoms with Gasteiger partial charge in [0.15, 0.2) is 14.0 Å². The van der Waals surface area contributed by atoms with Crippen LogP contribution in [0.3, 0.4) is 0 Å². The average Bonchev–Trinajstić information content (AvgIpc) is 3.53. The van der Waals surface area contributed by atoms with Crippen LogP contribution >= 0.6 is 0 Å². The third kappa shape index (κ3) is 2.49. The van der Waals surface area contributed by atoms with Gasteiger partial charge in [-0.05, 0) is 36.6 Å². The summed E-state index contributed by atoms with van der Waals surface area (Å²) in [6.45, 7) is 16.0. The molecule has 2 aromatic heterocycles.